The fourth-order valence-corrected chi connectivity index (χ4v) is 5.15. The first-order valence-corrected chi connectivity index (χ1v) is 12.3. The first-order valence-electron chi connectivity index (χ1n) is 11.5. The number of hydrogen-bond acceptors (Lipinski definition) is 6. The van der Waals surface area contributed by atoms with Crippen LogP contribution >= 0.6 is 11.9 Å². The quantitative estimate of drug-likeness (QED) is 0.299. The van der Waals surface area contributed by atoms with Crippen molar-refractivity contribution < 1.29 is 40.6 Å². The van der Waals surface area contributed by atoms with Crippen molar-refractivity contribution in [2.24, 2.45) is 5.92 Å². The molecule has 12 heteroatoms. The second-order valence-corrected chi connectivity index (χ2v) is 10.3. The molecule has 4 rings (SSSR count). The SMILES string of the molecule is CC(C)COc1cc(C(F)(F)F)ccc1OC1C[C@H]2COC[C@H](C1)N2Sc1ccc(C(F)(F)F)cn1. The van der Waals surface area contributed by atoms with Gasteiger partial charge in [-0.3, -0.25) is 0 Å². The lowest BCUT2D eigenvalue weighted by atomic mass is 9.94. The third-order valence-electron chi connectivity index (χ3n) is 5.81. The summed E-state index contributed by atoms with van der Waals surface area (Å²) in [5, 5.41) is 0.436. The molecular formula is C24H26F6N2O3S. The highest BCUT2D eigenvalue weighted by Crippen LogP contribution is 2.41. The molecule has 2 aliphatic heterocycles. The molecule has 5 nitrogen and oxygen atoms in total. The van der Waals surface area contributed by atoms with Crippen LogP contribution in [0.5, 0.6) is 11.5 Å². The van der Waals surface area contributed by atoms with Gasteiger partial charge in [0.1, 0.15) is 11.1 Å². The number of morpholine rings is 1. The maximum atomic E-state index is 13.2. The Balaban J connectivity index is 1.46. The molecule has 0 amide bonds. The van der Waals surface area contributed by atoms with Crippen LogP contribution in [-0.2, 0) is 17.1 Å². The van der Waals surface area contributed by atoms with Crippen LogP contribution in [-0.4, -0.2) is 47.3 Å². The number of benzene rings is 1. The van der Waals surface area contributed by atoms with Crippen molar-refractivity contribution in [3.8, 4) is 11.5 Å². The number of aromatic nitrogens is 1. The lowest BCUT2D eigenvalue weighted by Gasteiger charge is -2.47. The third-order valence-corrected chi connectivity index (χ3v) is 7.05. The van der Waals surface area contributed by atoms with Gasteiger partial charge in [0.2, 0.25) is 0 Å². The minimum Gasteiger partial charge on any atom is -0.489 e. The van der Waals surface area contributed by atoms with Gasteiger partial charge in [-0.05, 0) is 48.2 Å². The Morgan fingerprint density at radius 3 is 2.17 bits per heavy atom. The van der Waals surface area contributed by atoms with E-state index < -0.39 is 23.5 Å². The van der Waals surface area contributed by atoms with Crippen molar-refractivity contribution in [2.45, 2.75) is 62.3 Å². The van der Waals surface area contributed by atoms with Gasteiger partial charge < -0.3 is 14.2 Å². The zero-order valence-corrected chi connectivity index (χ0v) is 20.4. The van der Waals surface area contributed by atoms with Crippen molar-refractivity contribution in [1.82, 2.24) is 9.29 Å². The van der Waals surface area contributed by atoms with E-state index in [1.54, 1.807) is 0 Å². The molecule has 198 valence electrons. The first-order chi connectivity index (χ1) is 16.9. The van der Waals surface area contributed by atoms with E-state index in [0.29, 0.717) is 31.1 Å². The highest BCUT2D eigenvalue weighted by Gasteiger charge is 2.41. The van der Waals surface area contributed by atoms with E-state index in [0.717, 1.165) is 24.4 Å². The topological polar surface area (TPSA) is 43.8 Å². The molecule has 2 fully saturated rings. The molecule has 36 heavy (non-hydrogen) atoms. The molecule has 3 heterocycles. The van der Waals surface area contributed by atoms with Gasteiger partial charge >= 0.3 is 12.4 Å². The van der Waals surface area contributed by atoms with Crippen LogP contribution in [0.4, 0.5) is 26.3 Å². The molecule has 2 aliphatic rings. The van der Waals surface area contributed by atoms with Gasteiger partial charge in [-0.25, -0.2) is 9.29 Å². The molecule has 2 atom stereocenters. The van der Waals surface area contributed by atoms with Crippen molar-refractivity contribution in [1.29, 1.82) is 0 Å². The van der Waals surface area contributed by atoms with Gasteiger partial charge in [-0.2, -0.15) is 26.3 Å². The Labute approximate surface area is 209 Å². The van der Waals surface area contributed by atoms with Crippen molar-refractivity contribution in [3.05, 3.63) is 47.7 Å². The van der Waals surface area contributed by atoms with Gasteiger partial charge in [0.15, 0.2) is 11.5 Å². The number of pyridine rings is 1. The number of fused-ring (bicyclic) bond motifs is 2. The molecule has 0 saturated carbocycles. The molecule has 2 saturated heterocycles. The van der Waals surface area contributed by atoms with E-state index in [1.807, 2.05) is 13.8 Å². The van der Waals surface area contributed by atoms with Crippen LogP contribution in [0.2, 0.25) is 0 Å². The minimum atomic E-state index is -4.50. The van der Waals surface area contributed by atoms with Crippen molar-refractivity contribution in [3.63, 3.8) is 0 Å². The summed E-state index contributed by atoms with van der Waals surface area (Å²) >= 11 is 1.27. The summed E-state index contributed by atoms with van der Waals surface area (Å²) in [5.74, 6) is 0.409. The molecular weight excluding hydrogens is 510 g/mol. The molecule has 0 unspecified atom stereocenters. The molecule has 1 aromatic carbocycles. The van der Waals surface area contributed by atoms with Crippen LogP contribution in [0, 0.1) is 5.92 Å². The second kappa shape index (κ2) is 10.7. The predicted molar refractivity (Wildman–Crippen MR) is 121 cm³/mol. The minimum absolute atomic E-state index is 0.0469. The molecule has 0 aliphatic carbocycles. The van der Waals surface area contributed by atoms with Crippen LogP contribution in [0.1, 0.15) is 37.8 Å². The number of nitrogens with zero attached hydrogens (tertiary/aromatic N) is 2. The van der Waals surface area contributed by atoms with E-state index in [-0.39, 0.29) is 42.2 Å². The largest absolute Gasteiger partial charge is 0.489 e. The lowest BCUT2D eigenvalue weighted by Crippen LogP contribution is -2.55. The smallest absolute Gasteiger partial charge is 0.417 e. The monoisotopic (exact) mass is 536 g/mol. The average molecular weight is 537 g/mol. The summed E-state index contributed by atoms with van der Waals surface area (Å²) in [5.41, 5.74) is -1.62. The van der Waals surface area contributed by atoms with Crippen molar-refractivity contribution >= 4 is 11.9 Å². The number of halogens is 6. The summed E-state index contributed by atoms with van der Waals surface area (Å²) in [4.78, 5) is 3.95. The van der Waals surface area contributed by atoms with Crippen LogP contribution in [0.15, 0.2) is 41.6 Å². The first kappa shape index (κ1) is 26.9. The summed E-state index contributed by atoms with van der Waals surface area (Å²) in [7, 11) is 0. The maximum absolute atomic E-state index is 13.2. The number of hydrogen-bond donors (Lipinski definition) is 0. The van der Waals surface area contributed by atoms with E-state index in [9.17, 15) is 26.3 Å². The zero-order valence-electron chi connectivity index (χ0n) is 19.6. The Kier molecular flexibility index (Phi) is 7.96. The van der Waals surface area contributed by atoms with Gasteiger partial charge in [0, 0.05) is 31.1 Å². The lowest BCUT2D eigenvalue weighted by molar-refractivity contribution is -0.138. The number of rotatable bonds is 7. The summed E-state index contributed by atoms with van der Waals surface area (Å²) in [6.07, 6.45) is -7.39. The van der Waals surface area contributed by atoms with E-state index in [1.165, 1.54) is 24.1 Å². The number of ether oxygens (including phenoxy) is 3. The molecule has 0 spiro atoms. The van der Waals surface area contributed by atoms with Gasteiger partial charge in [-0.1, -0.05) is 13.8 Å². The summed E-state index contributed by atoms with van der Waals surface area (Å²) in [6.45, 7) is 4.83. The van der Waals surface area contributed by atoms with Crippen LogP contribution in [0.25, 0.3) is 0 Å². The second-order valence-electron chi connectivity index (χ2n) is 9.25. The van der Waals surface area contributed by atoms with Gasteiger partial charge in [-0.15, -0.1) is 0 Å². The van der Waals surface area contributed by atoms with E-state index in [4.69, 9.17) is 14.2 Å². The standard InChI is InChI=1S/C24H26F6N2O3S/c1-14(2)11-34-21-7-15(23(25,26)27)3-5-20(21)35-19-8-17-12-33-13-18(9-19)32(17)36-22-6-4-16(10-31-22)24(28,29)30/h3-7,10,14,17-19H,8-9,11-13H2,1-2H3/t17-,18-/m0/s1. The Bertz CT molecular complexity index is 1020. The molecule has 0 radical (unpaired) electrons. The summed E-state index contributed by atoms with van der Waals surface area (Å²) < 4.78 is 97.8. The fraction of sp³-hybridized carbons (Fsp3) is 0.542. The highest BCUT2D eigenvalue weighted by molar-refractivity contribution is 7.97. The Morgan fingerprint density at radius 2 is 1.61 bits per heavy atom. The van der Waals surface area contributed by atoms with E-state index >= 15 is 0 Å². The average Bonchev–Trinajstić information content (AvgIpc) is 2.78. The molecule has 1 aromatic heterocycles. The number of alkyl halides is 6. The predicted octanol–water partition coefficient (Wildman–Crippen LogP) is 6.47. The van der Waals surface area contributed by atoms with Gasteiger partial charge in [0.25, 0.3) is 0 Å². The van der Waals surface area contributed by atoms with Crippen LogP contribution < -0.4 is 9.47 Å². The normalized spacial score (nSPS) is 23.1. The fourth-order valence-electron chi connectivity index (χ4n) is 4.12. The zero-order chi connectivity index (χ0) is 26.1. The Hall–Kier alpha value is -2.18. The molecule has 2 aromatic rings. The Morgan fingerprint density at radius 1 is 0.972 bits per heavy atom. The van der Waals surface area contributed by atoms with Crippen LogP contribution in [0.3, 0.4) is 0 Å². The maximum Gasteiger partial charge on any atom is 0.417 e. The third kappa shape index (κ3) is 6.57. The molecule has 0 N–H and O–H groups in total. The van der Waals surface area contributed by atoms with E-state index in [2.05, 4.69) is 9.29 Å². The van der Waals surface area contributed by atoms with Crippen molar-refractivity contribution in [2.75, 3.05) is 19.8 Å². The number of piperidine rings is 1. The molecule has 2 bridgehead atoms. The van der Waals surface area contributed by atoms with Gasteiger partial charge in [0.05, 0.1) is 30.9 Å². The highest BCUT2D eigenvalue weighted by atomic mass is 32.2. The summed E-state index contributed by atoms with van der Waals surface area (Å²) in [6, 6.07) is 5.36.